The third kappa shape index (κ3) is 5.19. The number of aromatic nitrogens is 1. The van der Waals surface area contributed by atoms with E-state index in [4.69, 9.17) is 4.74 Å². The molecule has 1 heterocycles. The summed E-state index contributed by atoms with van der Waals surface area (Å²) in [5.41, 5.74) is 3.00. The van der Waals surface area contributed by atoms with Crippen molar-refractivity contribution in [1.29, 1.82) is 0 Å². The van der Waals surface area contributed by atoms with Crippen LogP contribution in [0.3, 0.4) is 0 Å². The topological polar surface area (TPSA) is 51.2 Å². The lowest BCUT2D eigenvalue weighted by Crippen LogP contribution is -2.04. The van der Waals surface area contributed by atoms with Gasteiger partial charge in [0.25, 0.3) is 0 Å². The lowest BCUT2D eigenvalue weighted by atomic mass is 10.2. The molecular formula is C16H20N2O2S. The van der Waals surface area contributed by atoms with Crippen LogP contribution >= 0.6 is 11.3 Å². The smallest absolute Gasteiger partial charge is 0.306 e. The van der Waals surface area contributed by atoms with E-state index in [2.05, 4.69) is 24.1 Å². The summed E-state index contributed by atoms with van der Waals surface area (Å²) in [6.07, 6.45) is 2.35. The van der Waals surface area contributed by atoms with Crippen LogP contribution in [0.4, 0.5) is 10.8 Å². The van der Waals surface area contributed by atoms with Crippen molar-refractivity contribution in [3.8, 4) is 0 Å². The van der Waals surface area contributed by atoms with Crippen LogP contribution in [0.25, 0.3) is 0 Å². The van der Waals surface area contributed by atoms with E-state index >= 15 is 0 Å². The maximum Gasteiger partial charge on any atom is 0.306 e. The number of hydrogen-bond donors (Lipinski definition) is 1. The van der Waals surface area contributed by atoms with Crippen LogP contribution in [-0.4, -0.2) is 11.0 Å². The first-order valence-corrected chi connectivity index (χ1v) is 7.99. The number of aryl methyl sites for hydroxylation is 1. The summed E-state index contributed by atoms with van der Waals surface area (Å²) in [6, 6.07) is 8.13. The largest absolute Gasteiger partial charge is 0.459 e. The Labute approximate surface area is 129 Å². The van der Waals surface area contributed by atoms with Crippen LogP contribution in [0.5, 0.6) is 0 Å². The number of nitrogens with one attached hydrogen (secondary N) is 1. The monoisotopic (exact) mass is 304 g/mol. The van der Waals surface area contributed by atoms with E-state index in [0.717, 1.165) is 29.4 Å². The van der Waals surface area contributed by atoms with Gasteiger partial charge < -0.3 is 10.1 Å². The first-order valence-electron chi connectivity index (χ1n) is 7.11. The maximum absolute atomic E-state index is 11.4. The molecule has 0 spiro atoms. The first-order chi connectivity index (χ1) is 10.2. The molecule has 2 rings (SSSR count). The number of thiazole rings is 1. The minimum atomic E-state index is -0.155. The fraction of sp³-hybridized carbons (Fsp3) is 0.375. The van der Waals surface area contributed by atoms with E-state index in [9.17, 15) is 4.79 Å². The molecule has 0 unspecified atom stereocenters. The maximum atomic E-state index is 11.4. The summed E-state index contributed by atoms with van der Waals surface area (Å²) < 4.78 is 5.19. The molecule has 0 aliphatic heterocycles. The van der Waals surface area contributed by atoms with Gasteiger partial charge in [-0.25, -0.2) is 4.98 Å². The first kappa shape index (κ1) is 15.5. The zero-order valence-electron chi connectivity index (χ0n) is 12.4. The molecule has 5 heteroatoms. The molecular weight excluding hydrogens is 284 g/mol. The highest BCUT2D eigenvalue weighted by molar-refractivity contribution is 7.13. The van der Waals surface area contributed by atoms with Gasteiger partial charge in [-0.2, -0.15) is 0 Å². The molecule has 21 heavy (non-hydrogen) atoms. The third-order valence-corrected chi connectivity index (χ3v) is 3.78. The lowest BCUT2D eigenvalue weighted by molar-refractivity contribution is -0.145. The number of hydrogen-bond acceptors (Lipinski definition) is 5. The predicted molar refractivity (Wildman–Crippen MR) is 85.9 cm³/mol. The highest BCUT2D eigenvalue weighted by Crippen LogP contribution is 2.21. The van der Waals surface area contributed by atoms with Crippen LogP contribution in [0, 0.1) is 6.92 Å². The van der Waals surface area contributed by atoms with Gasteiger partial charge in [-0.15, -0.1) is 11.3 Å². The molecule has 0 atom stereocenters. The summed E-state index contributed by atoms with van der Waals surface area (Å²) in [5.74, 6) is -0.155. The molecule has 0 bridgehead atoms. The van der Waals surface area contributed by atoms with Crippen molar-refractivity contribution in [2.24, 2.45) is 0 Å². The SMILES string of the molecule is CCCCC(=O)OCc1csc(Nc2ccc(C)cc2)n1. The number of carbonyl (C=O) groups is 1. The van der Waals surface area contributed by atoms with E-state index in [0.29, 0.717) is 6.42 Å². The van der Waals surface area contributed by atoms with Crippen molar-refractivity contribution < 1.29 is 9.53 Å². The van der Waals surface area contributed by atoms with E-state index in [-0.39, 0.29) is 12.6 Å². The number of nitrogens with zero attached hydrogens (tertiary/aromatic N) is 1. The fourth-order valence-corrected chi connectivity index (χ4v) is 2.45. The molecule has 0 amide bonds. The van der Waals surface area contributed by atoms with Crippen molar-refractivity contribution in [2.45, 2.75) is 39.7 Å². The van der Waals surface area contributed by atoms with Gasteiger partial charge in [0, 0.05) is 17.5 Å². The second-order valence-corrected chi connectivity index (χ2v) is 5.76. The van der Waals surface area contributed by atoms with Crippen molar-refractivity contribution in [2.75, 3.05) is 5.32 Å². The van der Waals surface area contributed by atoms with E-state index < -0.39 is 0 Å². The van der Waals surface area contributed by atoms with Crippen molar-refractivity contribution in [1.82, 2.24) is 4.98 Å². The molecule has 2 aromatic rings. The van der Waals surface area contributed by atoms with Crippen molar-refractivity contribution in [3.63, 3.8) is 0 Å². The van der Waals surface area contributed by atoms with Gasteiger partial charge in [-0.05, 0) is 25.5 Å². The minimum Gasteiger partial charge on any atom is -0.459 e. The van der Waals surface area contributed by atoms with Gasteiger partial charge >= 0.3 is 5.97 Å². The van der Waals surface area contributed by atoms with Gasteiger partial charge in [0.05, 0.1) is 5.69 Å². The number of carbonyl (C=O) groups excluding carboxylic acids is 1. The predicted octanol–water partition coefficient (Wildman–Crippen LogP) is 4.43. The number of unbranched alkanes of at least 4 members (excludes halogenated alkanes) is 1. The Kier molecular flexibility index (Phi) is 5.75. The second-order valence-electron chi connectivity index (χ2n) is 4.90. The molecule has 0 saturated carbocycles. The zero-order chi connectivity index (χ0) is 15.1. The molecule has 0 saturated heterocycles. The molecule has 0 aliphatic rings. The quantitative estimate of drug-likeness (QED) is 0.769. The van der Waals surface area contributed by atoms with Gasteiger partial charge in [0.2, 0.25) is 0 Å². The highest BCUT2D eigenvalue weighted by atomic mass is 32.1. The summed E-state index contributed by atoms with van der Waals surface area (Å²) in [4.78, 5) is 15.9. The van der Waals surface area contributed by atoms with Gasteiger partial charge in [0.15, 0.2) is 5.13 Å². The van der Waals surface area contributed by atoms with Crippen LogP contribution in [0.2, 0.25) is 0 Å². The summed E-state index contributed by atoms with van der Waals surface area (Å²) in [5, 5.41) is 5.95. The molecule has 1 N–H and O–H groups in total. The number of ether oxygens (including phenoxy) is 1. The van der Waals surface area contributed by atoms with Crippen molar-refractivity contribution >= 4 is 28.1 Å². The molecule has 112 valence electrons. The number of esters is 1. The Hall–Kier alpha value is -1.88. The average Bonchev–Trinajstić information content (AvgIpc) is 2.93. The zero-order valence-corrected chi connectivity index (χ0v) is 13.2. The molecule has 0 aliphatic carbocycles. The Bertz CT molecular complexity index is 578. The normalized spacial score (nSPS) is 10.4. The third-order valence-electron chi connectivity index (χ3n) is 2.97. The van der Waals surface area contributed by atoms with E-state index in [1.807, 2.05) is 29.6 Å². The van der Waals surface area contributed by atoms with Crippen LogP contribution in [-0.2, 0) is 16.1 Å². The van der Waals surface area contributed by atoms with Crippen LogP contribution < -0.4 is 5.32 Å². The van der Waals surface area contributed by atoms with Crippen LogP contribution in [0.1, 0.15) is 37.4 Å². The molecule has 4 nitrogen and oxygen atoms in total. The van der Waals surface area contributed by atoms with Gasteiger partial charge in [0.1, 0.15) is 6.61 Å². The van der Waals surface area contributed by atoms with E-state index in [1.165, 1.54) is 16.9 Å². The minimum absolute atomic E-state index is 0.155. The summed E-state index contributed by atoms with van der Waals surface area (Å²) >= 11 is 1.50. The lowest BCUT2D eigenvalue weighted by Gasteiger charge is -2.03. The summed E-state index contributed by atoms with van der Waals surface area (Å²) in [7, 11) is 0. The van der Waals surface area contributed by atoms with Gasteiger partial charge in [-0.3, -0.25) is 4.79 Å². The van der Waals surface area contributed by atoms with Gasteiger partial charge in [-0.1, -0.05) is 31.0 Å². The van der Waals surface area contributed by atoms with Crippen molar-refractivity contribution in [3.05, 3.63) is 40.9 Å². The number of rotatable bonds is 7. The Morgan fingerprint density at radius 1 is 1.33 bits per heavy atom. The number of anilines is 2. The number of benzene rings is 1. The molecule has 1 aromatic carbocycles. The molecule has 1 aromatic heterocycles. The molecule has 0 radical (unpaired) electrons. The Balaban J connectivity index is 1.83. The average molecular weight is 304 g/mol. The Morgan fingerprint density at radius 2 is 2.10 bits per heavy atom. The Morgan fingerprint density at radius 3 is 2.81 bits per heavy atom. The summed E-state index contributed by atoms with van der Waals surface area (Å²) in [6.45, 7) is 4.35. The van der Waals surface area contributed by atoms with E-state index in [1.54, 1.807) is 0 Å². The van der Waals surface area contributed by atoms with Crippen LogP contribution in [0.15, 0.2) is 29.6 Å². The second kappa shape index (κ2) is 7.78. The fourth-order valence-electron chi connectivity index (χ4n) is 1.74. The molecule has 0 fully saturated rings. The highest BCUT2D eigenvalue weighted by Gasteiger charge is 2.06. The standard InChI is InChI=1S/C16H20N2O2S/c1-3-4-5-15(19)20-10-14-11-21-16(18-14)17-13-8-6-12(2)7-9-13/h6-9,11H,3-5,10H2,1-2H3,(H,17,18).